The molecule has 4 bridgehead atoms. The first-order chi connectivity index (χ1) is 9.11. The molecule has 1 heterocycles. The van der Waals surface area contributed by atoms with Crippen LogP contribution in [0.25, 0.3) is 0 Å². The van der Waals surface area contributed by atoms with Crippen molar-refractivity contribution >= 4 is 0 Å². The zero-order valence-corrected chi connectivity index (χ0v) is 12.2. The third-order valence-corrected chi connectivity index (χ3v) is 6.20. The van der Waals surface area contributed by atoms with Crippen LogP contribution >= 0.6 is 0 Å². The van der Waals surface area contributed by atoms with Gasteiger partial charge in [-0.05, 0) is 63.2 Å². The molecule has 0 unspecified atom stereocenters. The van der Waals surface area contributed by atoms with E-state index in [0.29, 0.717) is 12.0 Å². The van der Waals surface area contributed by atoms with Gasteiger partial charge in [-0.3, -0.25) is 4.68 Å². The van der Waals surface area contributed by atoms with Crippen LogP contribution in [0.3, 0.4) is 0 Å². The van der Waals surface area contributed by atoms with E-state index in [9.17, 15) is 0 Å². The van der Waals surface area contributed by atoms with Gasteiger partial charge in [-0.15, -0.1) is 0 Å². The molecule has 0 radical (unpaired) electrons. The van der Waals surface area contributed by atoms with Crippen LogP contribution in [0.15, 0.2) is 0 Å². The van der Waals surface area contributed by atoms with Gasteiger partial charge in [0.15, 0.2) is 0 Å². The van der Waals surface area contributed by atoms with Gasteiger partial charge >= 0.3 is 0 Å². The maximum absolute atomic E-state index is 6.03. The van der Waals surface area contributed by atoms with Crippen molar-refractivity contribution in [2.24, 2.45) is 30.5 Å². The van der Waals surface area contributed by atoms with E-state index in [4.69, 9.17) is 10.8 Å². The number of aromatic nitrogens is 2. The van der Waals surface area contributed by atoms with Crippen LogP contribution in [0, 0.1) is 24.7 Å². The van der Waals surface area contributed by atoms with Gasteiger partial charge in [-0.1, -0.05) is 0 Å². The third-order valence-electron chi connectivity index (χ3n) is 6.20. The van der Waals surface area contributed by atoms with Crippen LogP contribution in [0.2, 0.25) is 0 Å². The third kappa shape index (κ3) is 1.57. The van der Waals surface area contributed by atoms with E-state index in [1.54, 1.807) is 0 Å². The van der Waals surface area contributed by atoms with Crippen molar-refractivity contribution in [2.75, 3.05) is 0 Å². The smallest absolute Gasteiger partial charge is 0.0734 e. The van der Waals surface area contributed by atoms with Crippen LogP contribution in [0.5, 0.6) is 0 Å². The van der Waals surface area contributed by atoms with Gasteiger partial charge in [0.2, 0.25) is 0 Å². The fraction of sp³-hybridized carbons (Fsp3) is 0.812. The fourth-order valence-electron chi connectivity index (χ4n) is 5.72. The number of aryl methyl sites for hydroxylation is 1. The van der Waals surface area contributed by atoms with Crippen molar-refractivity contribution in [1.29, 1.82) is 0 Å². The van der Waals surface area contributed by atoms with Gasteiger partial charge in [0.25, 0.3) is 0 Å². The lowest BCUT2D eigenvalue weighted by molar-refractivity contribution is -0.00780. The molecule has 5 rings (SSSR count). The van der Waals surface area contributed by atoms with Crippen molar-refractivity contribution in [2.45, 2.75) is 57.4 Å². The zero-order valence-electron chi connectivity index (χ0n) is 12.2. The minimum absolute atomic E-state index is 0.384. The Hall–Kier alpha value is -0.830. The summed E-state index contributed by atoms with van der Waals surface area (Å²) in [5.41, 5.74) is 10.4. The highest BCUT2D eigenvalue weighted by Gasteiger charge is 2.53. The highest BCUT2D eigenvalue weighted by atomic mass is 15.3. The highest BCUT2D eigenvalue weighted by Crippen LogP contribution is 2.60. The van der Waals surface area contributed by atoms with E-state index in [1.807, 2.05) is 0 Å². The molecule has 4 saturated carbocycles. The van der Waals surface area contributed by atoms with Gasteiger partial charge < -0.3 is 5.73 Å². The fourth-order valence-corrected chi connectivity index (χ4v) is 5.72. The number of hydrogen-bond donors (Lipinski definition) is 1. The first-order valence-electron chi connectivity index (χ1n) is 7.84. The zero-order chi connectivity index (χ0) is 13.2. The van der Waals surface area contributed by atoms with Crippen LogP contribution in [0.1, 0.15) is 55.5 Å². The molecule has 1 aromatic rings. The van der Waals surface area contributed by atoms with E-state index < -0.39 is 0 Å². The molecule has 3 heteroatoms. The molecular formula is C16H25N3. The molecule has 0 aromatic carbocycles. The lowest BCUT2D eigenvalue weighted by Crippen LogP contribution is -2.49. The minimum Gasteiger partial charge on any atom is -0.326 e. The van der Waals surface area contributed by atoms with Gasteiger partial charge in [0.1, 0.15) is 0 Å². The Morgan fingerprint density at radius 1 is 1.16 bits per heavy atom. The number of rotatable bonds is 2. The Kier molecular flexibility index (Phi) is 2.42. The van der Waals surface area contributed by atoms with Crippen LogP contribution in [-0.4, -0.2) is 9.78 Å². The largest absolute Gasteiger partial charge is 0.326 e. The Bertz CT molecular complexity index is 479. The van der Waals surface area contributed by atoms with Crippen LogP contribution in [0.4, 0.5) is 0 Å². The quantitative estimate of drug-likeness (QED) is 0.887. The first kappa shape index (κ1) is 12.0. The second-order valence-corrected chi connectivity index (χ2v) is 7.44. The highest BCUT2D eigenvalue weighted by molar-refractivity contribution is 5.34. The average Bonchev–Trinajstić information content (AvgIpc) is 2.64. The number of hydrogen-bond acceptors (Lipinski definition) is 2. The van der Waals surface area contributed by atoms with Gasteiger partial charge in [0, 0.05) is 30.3 Å². The second-order valence-electron chi connectivity index (χ2n) is 7.44. The standard InChI is InChI=1S/C16H25N3/c1-10-14(9-17)15(18-19(10)2)16-6-11-3-12(7-16)5-13(4-11)8-16/h11-13H,3-9,17H2,1-2H3. The summed E-state index contributed by atoms with van der Waals surface area (Å²) in [6.45, 7) is 2.82. The summed E-state index contributed by atoms with van der Waals surface area (Å²) >= 11 is 0. The predicted molar refractivity (Wildman–Crippen MR) is 75.7 cm³/mol. The van der Waals surface area contributed by atoms with E-state index in [-0.39, 0.29) is 0 Å². The Morgan fingerprint density at radius 3 is 2.16 bits per heavy atom. The Balaban J connectivity index is 1.81. The van der Waals surface area contributed by atoms with Crippen molar-refractivity contribution in [1.82, 2.24) is 9.78 Å². The lowest BCUT2D eigenvalue weighted by Gasteiger charge is -2.56. The first-order valence-corrected chi connectivity index (χ1v) is 7.84. The maximum atomic E-state index is 6.03. The van der Waals surface area contributed by atoms with Gasteiger partial charge in [-0.25, -0.2) is 0 Å². The van der Waals surface area contributed by atoms with Crippen LogP contribution < -0.4 is 5.73 Å². The van der Waals surface area contributed by atoms with E-state index in [2.05, 4.69) is 18.7 Å². The summed E-state index contributed by atoms with van der Waals surface area (Å²) in [6.07, 6.45) is 8.60. The number of nitrogens with zero attached hydrogens (tertiary/aromatic N) is 2. The molecule has 104 valence electrons. The molecular weight excluding hydrogens is 234 g/mol. The molecule has 0 spiro atoms. The summed E-state index contributed by atoms with van der Waals surface area (Å²) in [4.78, 5) is 0. The molecule has 2 N–H and O–H groups in total. The molecule has 19 heavy (non-hydrogen) atoms. The van der Waals surface area contributed by atoms with Gasteiger partial charge in [0.05, 0.1) is 5.69 Å². The molecule has 4 fully saturated rings. The Labute approximate surface area is 115 Å². The summed E-state index contributed by atoms with van der Waals surface area (Å²) in [6, 6.07) is 0. The van der Waals surface area contributed by atoms with Crippen molar-refractivity contribution in [3.05, 3.63) is 17.0 Å². The van der Waals surface area contributed by atoms with E-state index in [0.717, 1.165) is 17.8 Å². The topological polar surface area (TPSA) is 43.8 Å². The summed E-state index contributed by atoms with van der Waals surface area (Å²) in [5.74, 6) is 2.91. The summed E-state index contributed by atoms with van der Waals surface area (Å²) in [7, 11) is 2.07. The van der Waals surface area contributed by atoms with Crippen molar-refractivity contribution in [3.63, 3.8) is 0 Å². The second kappa shape index (κ2) is 3.85. The van der Waals surface area contributed by atoms with Crippen molar-refractivity contribution < 1.29 is 0 Å². The number of nitrogens with two attached hydrogens (primary N) is 1. The summed E-state index contributed by atoms with van der Waals surface area (Å²) < 4.78 is 2.05. The minimum atomic E-state index is 0.384. The lowest BCUT2D eigenvalue weighted by atomic mass is 9.48. The van der Waals surface area contributed by atoms with Crippen LogP contribution in [-0.2, 0) is 19.0 Å². The van der Waals surface area contributed by atoms with E-state index >= 15 is 0 Å². The summed E-state index contributed by atoms with van der Waals surface area (Å²) in [5, 5.41) is 4.91. The van der Waals surface area contributed by atoms with Gasteiger partial charge in [-0.2, -0.15) is 5.10 Å². The SMILES string of the molecule is Cc1c(CN)c(C23CC4CC(CC(C4)C2)C3)nn1C. The van der Waals surface area contributed by atoms with Crippen molar-refractivity contribution in [3.8, 4) is 0 Å². The molecule has 4 aliphatic carbocycles. The maximum Gasteiger partial charge on any atom is 0.0734 e. The molecule has 0 aliphatic heterocycles. The molecule has 0 atom stereocenters. The predicted octanol–water partition coefficient (Wildman–Crippen LogP) is 2.66. The normalized spacial score (nSPS) is 40.1. The molecule has 1 aromatic heterocycles. The average molecular weight is 259 g/mol. The Morgan fingerprint density at radius 2 is 1.68 bits per heavy atom. The monoisotopic (exact) mass is 259 g/mol. The molecule has 0 saturated heterocycles. The molecule has 3 nitrogen and oxygen atoms in total. The molecule has 0 amide bonds. The molecule has 4 aliphatic rings. The van der Waals surface area contributed by atoms with E-state index in [1.165, 1.54) is 55.5 Å².